The number of anilines is 1. The lowest BCUT2D eigenvalue weighted by Crippen LogP contribution is -2.44. The maximum absolute atomic E-state index is 12.2. The quantitative estimate of drug-likeness (QED) is 0.783. The van der Waals surface area contributed by atoms with Crippen LogP contribution in [0.4, 0.5) is 5.69 Å². The fourth-order valence-electron chi connectivity index (χ4n) is 3.69. The zero-order valence-electron chi connectivity index (χ0n) is 16.0. The van der Waals surface area contributed by atoms with E-state index in [9.17, 15) is 9.59 Å². The molecular formula is C21H32N2O2. The Morgan fingerprint density at radius 1 is 1.04 bits per heavy atom. The van der Waals surface area contributed by atoms with Gasteiger partial charge in [-0.15, -0.1) is 0 Å². The number of carbonyl (C=O) groups is 2. The van der Waals surface area contributed by atoms with Gasteiger partial charge in [0.25, 0.3) is 0 Å². The Morgan fingerprint density at radius 2 is 1.68 bits per heavy atom. The molecule has 0 aromatic heterocycles. The Kier molecular flexibility index (Phi) is 6.63. The van der Waals surface area contributed by atoms with E-state index in [1.807, 2.05) is 31.2 Å². The minimum Gasteiger partial charge on any atom is -0.345 e. The van der Waals surface area contributed by atoms with E-state index in [0.717, 1.165) is 43.4 Å². The number of amides is 2. The van der Waals surface area contributed by atoms with Gasteiger partial charge < -0.3 is 10.6 Å². The zero-order chi connectivity index (χ0) is 18.4. The summed E-state index contributed by atoms with van der Waals surface area (Å²) in [6.45, 7) is 8.93. The standard InChI is InChI=1S/C21H32N2O2/c1-5-15-9-7-8-10-18(15)23-20(25)19(24)22-17-13-11-16(12-14-17)21(3,4)6-2/h7-10,16-17H,5-6,11-14H2,1-4H3,(H,22,24)(H,23,25). The van der Waals surface area contributed by atoms with E-state index in [1.165, 1.54) is 6.42 Å². The molecule has 4 heteroatoms. The lowest BCUT2D eigenvalue weighted by Gasteiger charge is -2.39. The predicted octanol–water partition coefficient (Wildman–Crippen LogP) is 4.30. The Morgan fingerprint density at radius 3 is 2.28 bits per heavy atom. The molecule has 0 radical (unpaired) electrons. The molecule has 0 spiro atoms. The SMILES string of the molecule is CCc1ccccc1NC(=O)C(=O)NC1CCC(C(C)(C)CC)CC1. The number of benzene rings is 1. The minimum absolute atomic E-state index is 0.114. The average molecular weight is 344 g/mol. The van der Waals surface area contributed by atoms with Crippen LogP contribution in [0, 0.1) is 11.3 Å². The molecule has 0 aliphatic heterocycles. The number of nitrogens with one attached hydrogen (secondary N) is 2. The molecule has 1 saturated carbocycles. The van der Waals surface area contributed by atoms with Gasteiger partial charge in [0, 0.05) is 11.7 Å². The van der Waals surface area contributed by atoms with E-state index in [4.69, 9.17) is 0 Å². The second-order valence-electron chi connectivity index (χ2n) is 7.83. The van der Waals surface area contributed by atoms with Crippen molar-refractivity contribution in [3.63, 3.8) is 0 Å². The van der Waals surface area contributed by atoms with Gasteiger partial charge in [-0.1, -0.05) is 52.3 Å². The number of aryl methyl sites for hydroxylation is 1. The van der Waals surface area contributed by atoms with Crippen LogP contribution in [0.25, 0.3) is 0 Å². The van der Waals surface area contributed by atoms with E-state index in [0.29, 0.717) is 11.3 Å². The first-order chi connectivity index (χ1) is 11.9. The van der Waals surface area contributed by atoms with Crippen LogP contribution in [0.3, 0.4) is 0 Å². The molecule has 2 amide bonds. The molecule has 1 fully saturated rings. The number of hydrogen-bond donors (Lipinski definition) is 2. The second-order valence-corrected chi connectivity index (χ2v) is 7.83. The zero-order valence-corrected chi connectivity index (χ0v) is 16.0. The van der Waals surface area contributed by atoms with Crippen molar-refractivity contribution in [3.05, 3.63) is 29.8 Å². The Hall–Kier alpha value is -1.84. The first kappa shape index (κ1) is 19.5. The summed E-state index contributed by atoms with van der Waals surface area (Å²) in [6, 6.07) is 7.71. The lowest BCUT2D eigenvalue weighted by molar-refractivity contribution is -0.136. The predicted molar refractivity (Wildman–Crippen MR) is 102 cm³/mol. The van der Waals surface area contributed by atoms with Gasteiger partial charge >= 0.3 is 11.8 Å². The topological polar surface area (TPSA) is 58.2 Å². The van der Waals surface area contributed by atoms with Crippen LogP contribution < -0.4 is 10.6 Å². The fourth-order valence-corrected chi connectivity index (χ4v) is 3.69. The average Bonchev–Trinajstić information content (AvgIpc) is 2.62. The third-order valence-corrected chi connectivity index (χ3v) is 5.93. The summed E-state index contributed by atoms with van der Waals surface area (Å²) >= 11 is 0. The number of rotatable bonds is 5. The highest BCUT2D eigenvalue weighted by atomic mass is 16.2. The molecule has 1 aromatic rings. The molecule has 0 bridgehead atoms. The lowest BCUT2D eigenvalue weighted by atomic mass is 9.69. The van der Waals surface area contributed by atoms with Crippen LogP contribution in [0.15, 0.2) is 24.3 Å². The van der Waals surface area contributed by atoms with E-state index in [-0.39, 0.29) is 6.04 Å². The summed E-state index contributed by atoms with van der Waals surface area (Å²) in [6.07, 6.45) is 6.14. The summed E-state index contributed by atoms with van der Waals surface area (Å²) in [4.78, 5) is 24.4. The summed E-state index contributed by atoms with van der Waals surface area (Å²) in [5.41, 5.74) is 2.11. The van der Waals surface area contributed by atoms with E-state index >= 15 is 0 Å². The van der Waals surface area contributed by atoms with Crippen molar-refractivity contribution in [2.24, 2.45) is 11.3 Å². The maximum atomic E-state index is 12.2. The van der Waals surface area contributed by atoms with Crippen molar-refractivity contribution in [2.45, 2.75) is 72.3 Å². The van der Waals surface area contributed by atoms with Crippen LogP contribution in [-0.2, 0) is 16.0 Å². The van der Waals surface area contributed by atoms with Crippen molar-refractivity contribution in [3.8, 4) is 0 Å². The highest BCUT2D eigenvalue weighted by Crippen LogP contribution is 2.40. The van der Waals surface area contributed by atoms with Gasteiger partial charge in [0.2, 0.25) is 0 Å². The molecular weight excluding hydrogens is 312 g/mol. The highest BCUT2D eigenvalue weighted by molar-refractivity contribution is 6.39. The van der Waals surface area contributed by atoms with E-state index in [1.54, 1.807) is 0 Å². The summed E-state index contributed by atoms with van der Waals surface area (Å²) in [5, 5.41) is 5.66. The van der Waals surface area contributed by atoms with Gasteiger partial charge in [-0.25, -0.2) is 0 Å². The monoisotopic (exact) mass is 344 g/mol. The molecule has 1 aromatic carbocycles. The Labute approximate surface area is 151 Å². The summed E-state index contributed by atoms with van der Waals surface area (Å²) in [5.74, 6) is -0.392. The molecule has 138 valence electrons. The van der Waals surface area contributed by atoms with Crippen molar-refractivity contribution >= 4 is 17.5 Å². The molecule has 0 saturated heterocycles. The first-order valence-corrected chi connectivity index (χ1v) is 9.57. The van der Waals surface area contributed by atoms with Crippen LogP contribution in [0.1, 0.15) is 65.4 Å². The molecule has 1 aliphatic rings. The highest BCUT2D eigenvalue weighted by Gasteiger charge is 2.32. The molecule has 2 rings (SSSR count). The van der Waals surface area contributed by atoms with Crippen LogP contribution in [-0.4, -0.2) is 17.9 Å². The van der Waals surface area contributed by atoms with E-state index < -0.39 is 11.8 Å². The van der Waals surface area contributed by atoms with E-state index in [2.05, 4.69) is 31.4 Å². The smallest absolute Gasteiger partial charge is 0.313 e. The molecule has 1 aliphatic carbocycles. The third kappa shape index (κ3) is 5.07. The third-order valence-electron chi connectivity index (χ3n) is 5.93. The number of carbonyl (C=O) groups excluding carboxylic acids is 2. The molecule has 4 nitrogen and oxygen atoms in total. The van der Waals surface area contributed by atoms with Gasteiger partial charge in [0.15, 0.2) is 0 Å². The summed E-state index contributed by atoms with van der Waals surface area (Å²) in [7, 11) is 0. The minimum atomic E-state index is -0.572. The number of para-hydroxylation sites is 1. The van der Waals surface area contributed by atoms with Crippen molar-refractivity contribution in [1.29, 1.82) is 0 Å². The van der Waals surface area contributed by atoms with Crippen LogP contribution in [0.2, 0.25) is 0 Å². The Bertz CT molecular complexity index is 602. The molecule has 0 atom stereocenters. The van der Waals surface area contributed by atoms with Crippen molar-refractivity contribution in [2.75, 3.05) is 5.32 Å². The largest absolute Gasteiger partial charge is 0.345 e. The van der Waals surface area contributed by atoms with Crippen molar-refractivity contribution in [1.82, 2.24) is 5.32 Å². The molecule has 0 heterocycles. The van der Waals surface area contributed by atoms with Gasteiger partial charge in [0.05, 0.1) is 0 Å². The first-order valence-electron chi connectivity index (χ1n) is 9.57. The molecule has 2 N–H and O–H groups in total. The van der Waals surface area contributed by atoms with Gasteiger partial charge in [-0.05, 0) is 55.1 Å². The van der Waals surface area contributed by atoms with Crippen LogP contribution >= 0.6 is 0 Å². The maximum Gasteiger partial charge on any atom is 0.313 e. The molecule has 25 heavy (non-hydrogen) atoms. The summed E-state index contributed by atoms with van der Waals surface area (Å²) < 4.78 is 0. The van der Waals surface area contributed by atoms with Crippen LogP contribution in [0.5, 0.6) is 0 Å². The van der Waals surface area contributed by atoms with Gasteiger partial charge in [-0.2, -0.15) is 0 Å². The normalized spacial score (nSPS) is 20.8. The van der Waals surface area contributed by atoms with Gasteiger partial charge in [-0.3, -0.25) is 9.59 Å². The fraction of sp³-hybridized carbons (Fsp3) is 0.619. The number of hydrogen-bond acceptors (Lipinski definition) is 2. The van der Waals surface area contributed by atoms with Gasteiger partial charge in [0.1, 0.15) is 0 Å². The molecule has 0 unspecified atom stereocenters. The second kappa shape index (κ2) is 8.50. The Balaban J connectivity index is 1.85. The van der Waals surface area contributed by atoms with Crippen molar-refractivity contribution < 1.29 is 9.59 Å².